The van der Waals surface area contributed by atoms with Gasteiger partial charge in [0, 0.05) is 16.8 Å². The highest BCUT2D eigenvalue weighted by Gasteiger charge is 2.25. The van der Waals surface area contributed by atoms with Crippen molar-refractivity contribution in [1.29, 1.82) is 0 Å². The molecule has 0 aliphatic heterocycles. The van der Waals surface area contributed by atoms with Crippen molar-refractivity contribution in [3.05, 3.63) is 105 Å². The third-order valence-corrected chi connectivity index (χ3v) is 7.83. The maximum Gasteiger partial charge on any atom is 0.340 e. The van der Waals surface area contributed by atoms with Crippen LogP contribution in [0.5, 0.6) is 5.75 Å². The summed E-state index contributed by atoms with van der Waals surface area (Å²) in [5.74, 6) is -0.664. The SMILES string of the molecule is CCN(CC)CC.O=C(O)c1c(OCc2ccccc2)c(Cc2ccc(Cl)cc2)nc2c3c(ccc12)CCCC3. The first-order valence-electron chi connectivity index (χ1n) is 14.3. The van der Waals surface area contributed by atoms with E-state index < -0.39 is 5.97 Å². The van der Waals surface area contributed by atoms with Crippen LogP contribution in [0.15, 0.2) is 66.7 Å². The smallest absolute Gasteiger partial charge is 0.340 e. The van der Waals surface area contributed by atoms with Crippen molar-refractivity contribution < 1.29 is 14.6 Å². The van der Waals surface area contributed by atoms with Gasteiger partial charge in [0.2, 0.25) is 0 Å². The molecule has 0 fully saturated rings. The van der Waals surface area contributed by atoms with Gasteiger partial charge in [0.1, 0.15) is 12.2 Å². The number of ether oxygens (including phenoxy) is 1. The van der Waals surface area contributed by atoms with Crippen molar-refractivity contribution in [2.45, 2.75) is 59.5 Å². The summed E-state index contributed by atoms with van der Waals surface area (Å²) in [7, 11) is 0. The number of benzene rings is 3. The maximum absolute atomic E-state index is 12.5. The van der Waals surface area contributed by atoms with Gasteiger partial charge in [-0.15, -0.1) is 0 Å². The Balaban J connectivity index is 0.000000470. The van der Waals surface area contributed by atoms with Gasteiger partial charge in [0.15, 0.2) is 5.75 Å². The summed E-state index contributed by atoms with van der Waals surface area (Å²) in [6.07, 6.45) is 4.63. The topological polar surface area (TPSA) is 62.7 Å². The Morgan fingerprint density at radius 1 is 0.900 bits per heavy atom. The average Bonchev–Trinajstić information content (AvgIpc) is 2.98. The second-order valence-corrected chi connectivity index (χ2v) is 10.5. The molecule has 0 bridgehead atoms. The van der Waals surface area contributed by atoms with Crippen LogP contribution in [0.4, 0.5) is 0 Å². The van der Waals surface area contributed by atoms with E-state index in [1.807, 2.05) is 60.7 Å². The molecule has 3 aromatic carbocycles. The Bertz CT molecular complexity index is 1410. The lowest BCUT2D eigenvalue weighted by Gasteiger charge is -2.21. The summed E-state index contributed by atoms with van der Waals surface area (Å²) in [6.45, 7) is 10.4. The Morgan fingerprint density at radius 2 is 1.57 bits per heavy atom. The highest BCUT2D eigenvalue weighted by molar-refractivity contribution is 6.30. The first-order valence-corrected chi connectivity index (χ1v) is 14.7. The first-order chi connectivity index (χ1) is 19.4. The van der Waals surface area contributed by atoms with E-state index >= 15 is 0 Å². The molecule has 0 saturated heterocycles. The van der Waals surface area contributed by atoms with Gasteiger partial charge >= 0.3 is 5.97 Å². The fourth-order valence-corrected chi connectivity index (χ4v) is 5.40. The highest BCUT2D eigenvalue weighted by Crippen LogP contribution is 2.36. The van der Waals surface area contributed by atoms with Crippen LogP contribution in [0, 0.1) is 0 Å². The fourth-order valence-electron chi connectivity index (χ4n) is 5.27. The third-order valence-electron chi connectivity index (χ3n) is 7.57. The number of nitrogens with zero attached hydrogens (tertiary/aromatic N) is 2. The standard InChI is InChI=1S/C28H24ClNO3.C6H15N/c29-21-13-10-18(11-14-21)16-24-27(33-17-19-6-2-1-3-7-19)25(28(31)32)23-15-12-20-8-4-5-9-22(20)26(23)30-24;1-4-7(5-2)6-3/h1-3,6-7,10-15H,4-5,8-9,16-17H2,(H,31,32);4-6H2,1-3H3. The van der Waals surface area contributed by atoms with Gasteiger partial charge in [0.25, 0.3) is 0 Å². The van der Waals surface area contributed by atoms with Crippen molar-refractivity contribution in [2.24, 2.45) is 0 Å². The summed E-state index contributed by atoms with van der Waals surface area (Å²) >= 11 is 6.07. The van der Waals surface area contributed by atoms with Gasteiger partial charge in [-0.25, -0.2) is 9.78 Å². The molecule has 0 amide bonds. The van der Waals surface area contributed by atoms with Crippen LogP contribution < -0.4 is 4.74 Å². The van der Waals surface area contributed by atoms with Crippen LogP contribution in [-0.2, 0) is 25.9 Å². The van der Waals surface area contributed by atoms with Crippen LogP contribution in [0.2, 0.25) is 5.02 Å². The predicted octanol–water partition coefficient (Wildman–Crippen LogP) is 7.98. The van der Waals surface area contributed by atoms with E-state index in [0.29, 0.717) is 28.3 Å². The Kier molecular flexibility index (Phi) is 10.6. The van der Waals surface area contributed by atoms with Gasteiger partial charge in [-0.3, -0.25) is 0 Å². The van der Waals surface area contributed by atoms with E-state index in [9.17, 15) is 9.90 Å². The van der Waals surface area contributed by atoms with Crippen LogP contribution in [0.3, 0.4) is 0 Å². The lowest BCUT2D eigenvalue weighted by molar-refractivity contribution is 0.0693. The Labute approximate surface area is 242 Å². The number of carboxylic acids is 1. The summed E-state index contributed by atoms with van der Waals surface area (Å²) in [5.41, 5.74) is 6.03. The van der Waals surface area contributed by atoms with Crippen LogP contribution in [0.1, 0.15) is 71.9 Å². The zero-order valence-corrected chi connectivity index (χ0v) is 24.5. The van der Waals surface area contributed by atoms with E-state index in [1.165, 1.54) is 30.8 Å². The molecule has 4 aromatic rings. The molecule has 1 N–H and O–H groups in total. The summed E-state index contributed by atoms with van der Waals surface area (Å²) in [5, 5.41) is 11.6. The average molecular weight is 559 g/mol. The molecular formula is C34H39ClN2O3. The van der Waals surface area contributed by atoms with Gasteiger partial charge in [-0.05, 0) is 79.7 Å². The molecular weight excluding hydrogens is 520 g/mol. The third kappa shape index (κ3) is 7.21. The van der Waals surface area contributed by atoms with Crippen LogP contribution in [0.25, 0.3) is 10.9 Å². The Morgan fingerprint density at radius 3 is 2.20 bits per heavy atom. The molecule has 0 atom stereocenters. The summed E-state index contributed by atoms with van der Waals surface area (Å²) in [4.78, 5) is 20.0. The number of rotatable bonds is 9. The monoisotopic (exact) mass is 558 g/mol. The molecule has 210 valence electrons. The van der Waals surface area contributed by atoms with Crippen LogP contribution >= 0.6 is 11.6 Å². The molecule has 5 nitrogen and oxygen atoms in total. The van der Waals surface area contributed by atoms with Crippen molar-refractivity contribution in [1.82, 2.24) is 9.88 Å². The van der Waals surface area contributed by atoms with E-state index in [0.717, 1.165) is 42.3 Å². The van der Waals surface area contributed by atoms with Gasteiger partial charge in [-0.2, -0.15) is 0 Å². The second kappa shape index (κ2) is 14.3. The molecule has 40 heavy (non-hydrogen) atoms. The lowest BCUT2D eigenvalue weighted by Crippen LogP contribution is -2.21. The number of hydrogen-bond acceptors (Lipinski definition) is 4. The number of carboxylic acid groups (broad SMARTS) is 1. The number of carbonyl (C=O) groups is 1. The number of aromatic nitrogens is 1. The van der Waals surface area contributed by atoms with Gasteiger partial charge in [-0.1, -0.05) is 87.0 Å². The van der Waals surface area contributed by atoms with Crippen molar-refractivity contribution in [3.63, 3.8) is 0 Å². The van der Waals surface area contributed by atoms with E-state index in [4.69, 9.17) is 21.3 Å². The second-order valence-electron chi connectivity index (χ2n) is 10.1. The molecule has 5 rings (SSSR count). The van der Waals surface area contributed by atoms with Crippen LogP contribution in [-0.4, -0.2) is 40.6 Å². The lowest BCUT2D eigenvalue weighted by atomic mass is 9.88. The number of hydrogen-bond donors (Lipinski definition) is 1. The largest absolute Gasteiger partial charge is 0.486 e. The molecule has 0 unspecified atom stereocenters. The first kappa shape index (κ1) is 29.6. The molecule has 1 aromatic heterocycles. The molecule has 1 aliphatic rings. The minimum absolute atomic E-state index is 0.188. The minimum Gasteiger partial charge on any atom is -0.486 e. The number of aromatic carboxylic acids is 1. The maximum atomic E-state index is 12.5. The fraction of sp³-hybridized carbons (Fsp3) is 0.353. The quantitative estimate of drug-likeness (QED) is 0.225. The van der Waals surface area contributed by atoms with Crippen molar-refractivity contribution in [3.8, 4) is 5.75 Å². The van der Waals surface area contributed by atoms with Crippen molar-refractivity contribution in [2.75, 3.05) is 19.6 Å². The zero-order chi connectivity index (χ0) is 28.5. The van der Waals surface area contributed by atoms with Crippen molar-refractivity contribution >= 4 is 28.5 Å². The Hall–Kier alpha value is -3.41. The molecule has 1 aliphatic carbocycles. The molecule has 0 radical (unpaired) electrons. The van der Waals surface area contributed by atoms with E-state index in [1.54, 1.807) is 0 Å². The van der Waals surface area contributed by atoms with E-state index in [-0.39, 0.29) is 12.2 Å². The highest BCUT2D eigenvalue weighted by atomic mass is 35.5. The predicted molar refractivity (Wildman–Crippen MR) is 164 cm³/mol. The molecule has 0 saturated carbocycles. The zero-order valence-electron chi connectivity index (χ0n) is 23.8. The summed E-state index contributed by atoms with van der Waals surface area (Å²) in [6, 6.07) is 21.3. The molecule has 1 heterocycles. The number of pyridine rings is 1. The molecule has 0 spiro atoms. The van der Waals surface area contributed by atoms with Gasteiger partial charge in [0.05, 0.1) is 11.2 Å². The number of fused-ring (bicyclic) bond motifs is 3. The summed E-state index contributed by atoms with van der Waals surface area (Å²) < 4.78 is 6.19. The number of halogens is 1. The molecule has 6 heteroatoms. The normalized spacial score (nSPS) is 12.5. The minimum atomic E-state index is -1.00. The van der Waals surface area contributed by atoms with E-state index in [2.05, 4.69) is 31.7 Å². The van der Waals surface area contributed by atoms with Gasteiger partial charge < -0.3 is 14.7 Å². The number of aryl methyl sites for hydroxylation is 2.